The SMILES string of the molecule is COC(=O)c1cccc(Nc2ncc(C(=O)N(C)c3ccccc3)cn2)c1. The second-order valence-corrected chi connectivity index (χ2v) is 5.69. The van der Waals surface area contributed by atoms with Gasteiger partial charge in [-0.1, -0.05) is 24.3 Å². The summed E-state index contributed by atoms with van der Waals surface area (Å²) in [5.74, 6) is -0.319. The van der Waals surface area contributed by atoms with E-state index in [2.05, 4.69) is 15.3 Å². The maximum Gasteiger partial charge on any atom is 0.337 e. The van der Waals surface area contributed by atoms with E-state index in [4.69, 9.17) is 4.74 Å². The van der Waals surface area contributed by atoms with Crippen LogP contribution in [0.2, 0.25) is 0 Å². The summed E-state index contributed by atoms with van der Waals surface area (Å²) in [6.45, 7) is 0. The molecule has 1 N–H and O–H groups in total. The Morgan fingerprint density at radius 3 is 2.33 bits per heavy atom. The Bertz CT molecular complexity index is 943. The number of carbonyl (C=O) groups is 2. The number of rotatable bonds is 5. The number of carbonyl (C=O) groups excluding carboxylic acids is 2. The van der Waals surface area contributed by atoms with E-state index in [1.807, 2.05) is 30.3 Å². The van der Waals surface area contributed by atoms with Crippen molar-refractivity contribution in [3.63, 3.8) is 0 Å². The zero-order chi connectivity index (χ0) is 19.2. The highest BCUT2D eigenvalue weighted by Crippen LogP contribution is 2.17. The van der Waals surface area contributed by atoms with E-state index in [-0.39, 0.29) is 5.91 Å². The van der Waals surface area contributed by atoms with Gasteiger partial charge in [0.2, 0.25) is 5.95 Å². The van der Waals surface area contributed by atoms with Crippen molar-refractivity contribution in [3.8, 4) is 0 Å². The Labute approximate surface area is 156 Å². The fourth-order valence-electron chi connectivity index (χ4n) is 2.44. The summed E-state index contributed by atoms with van der Waals surface area (Å²) in [6.07, 6.45) is 2.92. The first-order chi connectivity index (χ1) is 13.1. The lowest BCUT2D eigenvalue weighted by atomic mass is 10.2. The van der Waals surface area contributed by atoms with Crippen LogP contribution < -0.4 is 10.2 Å². The Morgan fingerprint density at radius 1 is 0.963 bits per heavy atom. The summed E-state index contributed by atoms with van der Waals surface area (Å²) in [5.41, 5.74) is 2.21. The van der Waals surface area contributed by atoms with Gasteiger partial charge in [0.25, 0.3) is 5.91 Å². The van der Waals surface area contributed by atoms with E-state index in [1.165, 1.54) is 24.4 Å². The maximum absolute atomic E-state index is 12.5. The molecule has 0 atom stereocenters. The molecule has 0 aliphatic carbocycles. The molecule has 3 aromatic rings. The van der Waals surface area contributed by atoms with E-state index >= 15 is 0 Å². The molecule has 2 aromatic carbocycles. The highest BCUT2D eigenvalue weighted by Gasteiger charge is 2.14. The largest absolute Gasteiger partial charge is 0.465 e. The molecule has 0 spiro atoms. The summed E-state index contributed by atoms with van der Waals surface area (Å²) >= 11 is 0. The predicted octanol–water partition coefficient (Wildman–Crippen LogP) is 3.28. The Morgan fingerprint density at radius 2 is 1.67 bits per heavy atom. The van der Waals surface area contributed by atoms with Crippen molar-refractivity contribution < 1.29 is 14.3 Å². The third-order valence-electron chi connectivity index (χ3n) is 3.89. The van der Waals surface area contributed by atoms with Gasteiger partial charge in [-0.05, 0) is 30.3 Å². The van der Waals surface area contributed by atoms with Gasteiger partial charge in [-0.15, -0.1) is 0 Å². The third-order valence-corrected chi connectivity index (χ3v) is 3.89. The molecular formula is C20H18N4O3. The number of benzene rings is 2. The molecule has 1 aromatic heterocycles. The molecule has 0 saturated carbocycles. The first kappa shape index (κ1) is 18.1. The van der Waals surface area contributed by atoms with E-state index < -0.39 is 5.97 Å². The molecule has 0 aliphatic rings. The fraction of sp³-hybridized carbons (Fsp3) is 0.100. The van der Waals surface area contributed by atoms with Crippen LogP contribution in [0.5, 0.6) is 0 Å². The van der Waals surface area contributed by atoms with E-state index in [0.717, 1.165) is 5.69 Å². The van der Waals surface area contributed by atoms with Crippen LogP contribution in [0, 0.1) is 0 Å². The number of nitrogens with one attached hydrogen (secondary N) is 1. The minimum atomic E-state index is -0.426. The van der Waals surface area contributed by atoms with E-state index in [9.17, 15) is 9.59 Å². The molecule has 3 rings (SSSR count). The van der Waals surface area contributed by atoms with Gasteiger partial charge in [0.05, 0.1) is 18.2 Å². The minimum Gasteiger partial charge on any atom is -0.465 e. The number of hydrogen-bond acceptors (Lipinski definition) is 6. The van der Waals surface area contributed by atoms with Gasteiger partial charge in [-0.25, -0.2) is 14.8 Å². The molecule has 0 aliphatic heterocycles. The maximum atomic E-state index is 12.5. The van der Waals surface area contributed by atoms with Crippen LogP contribution in [0.15, 0.2) is 67.0 Å². The Kier molecular flexibility index (Phi) is 5.41. The highest BCUT2D eigenvalue weighted by atomic mass is 16.5. The molecule has 0 saturated heterocycles. The van der Waals surface area contributed by atoms with Gasteiger partial charge in [0, 0.05) is 30.8 Å². The zero-order valence-corrected chi connectivity index (χ0v) is 14.9. The second-order valence-electron chi connectivity index (χ2n) is 5.69. The van der Waals surface area contributed by atoms with Gasteiger partial charge in [-0.3, -0.25) is 4.79 Å². The van der Waals surface area contributed by atoms with Crippen LogP contribution in [0.4, 0.5) is 17.3 Å². The number of hydrogen-bond donors (Lipinski definition) is 1. The fourth-order valence-corrected chi connectivity index (χ4v) is 2.44. The lowest BCUT2D eigenvalue weighted by Gasteiger charge is -2.17. The highest BCUT2D eigenvalue weighted by molar-refractivity contribution is 6.05. The van der Waals surface area contributed by atoms with Crippen LogP contribution in [0.25, 0.3) is 0 Å². The summed E-state index contributed by atoms with van der Waals surface area (Å²) in [6, 6.07) is 16.1. The number of nitrogens with zero attached hydrogens (tertiary/aromatic N) is 3. The first-order valence-corrected chi connectivity index (χ1v) is 8.19. The summed E-state index contributed by atoms with van der Waals surface area (Å²) in [7, 11) is 3.02. The van der Waals surface area contributed by atoms with Gasteiger partial charge in [-0.2, -0.15) is 0 Å². The van der Waals surface area contributed by atoms with Crippen molar-refractivity contribution in [3.05, 3.63) is 78.1 Å². The molecular weight excluding hydrogens is 344 g/mol. The smallest absolute Gasteiger partial charge is 0.337 e. The number of anilines is 3. The number of amides is 1. The molecule has 1 heterocycles. The van der Waals surface area contributed by atoms with E-state index in [0.29, 0.717) is 22.8 Å². The van der Waals surface area contributed by atoms with Crippen LogP contribution in [-0.2, 0) is 4.74 Å². The number of methoxy groups -OCH3 is 1. The first-order valence-electron chi connectivity index (χ1n) is 8.19. The molecule has 27 heavy (non-hydrogen) atoms. The van der Waals surface area contributed by atoms with Crippen LogP contribution in [-0.4, -0.2) is 36.0 Å². The molecule has 7 nitrogen and oxygen atoms in total. The molecule has 0 unspecified atom stereocenters. The van der Waals surface area contributed by atoms with Crippen molar-refractivity contribution >= 4 is 29.2 Å². The number of para-hydroxylation sites is 1. The zero-order valence-electron chi connectivity index (χ0n) is 14.9. The van der Waals surface area contributed by atoms with Gasteiger partial charge < -0.3 is 15.0 Å². The number of esters is 1. The average molecular weight is 362 g/mol. The van der Waals surface area contributed by atoms with Crippen molar-refractivity contribution in [1.82, 2.24) is 9.97 Å². The lowest BCUT2D eigenvalue weighted by Crippen LogP contribution is -2.26. The monoisotopic (exact) mass is 362 g/mol. The van der Waals surface area contributed by atoms with Gasteiger partial charge in [0.15, 0.2) is 0 Å². The van der Waals surface area contributed by atoms with Crippen molar-refractivity contribution in [1.29, 1.82) is 0 Å². The van der Waals surface area contributed by atoms with Crippen molar-refractivity contribution in [2.24, 2.45) is 0 Å². The molecule has 7 heteroatoms. The average Bonchev–Trinajstić information content (AvgIpc) is 2.73. The summed E-state index contributed by atoms with van der Waals surface area (Å²) in [5, 5.41) is 3.00. The molecule has 0 radical (unpaired) electrons. The van der Waals surface area contributed by atoms with Crippen molar-refractivity contribution in [2.75, 3.05) is 24.4 Å². The Balaban J connectivity index is 1.72. The van der Waals surface area contributed by atoms with Gasteiger partial charge >= 0.3 is 5.97 Å². The third kappa shape index (κ3) is 4.27. The van der Waals surface area contributed by atoms with E-state index in [1.54, 1.807) is 31.3 Å². The second kappa shape index (κ2) is 8.09. The normalized spacial score (nSPS) is 10.1. The van der Waals surface area contributed by atoms with Gasteiger partial charge in [0.1, 0.15) is 0 Å². The summed E-state index contributed by atoms with van der Waals surface area (Å²) < 4.78 is 4.70. The van der Waals surface area contributed by atoms with Crippen LogP contribution >= 0.6 is 0 Å². The van der Waals surface area contributed by atoms with Crippen LogP contribution in [0.3, 0.4) is 0 Å². The Hall–Kier alpha value is -3.74. The predicted molar refractivity (Wildman–Crippen MR) is 102 cm³/mol. The molecule has 0 fully saturated rings. The molecule has 1 amide bonds. The summed E-state index contributed by atoms with van der Waals surface area (Å²) in [4.78, 5) is 34.0. The number of aromatic nitrogens is 2. The lowest BCUT2D eigenvalue weighted by molar-refractivity contribution is 0.0600. The van der Waals surface area contributed by atoms with Crippen LogP contribution in [0.1, 0.15) is 20.7 Å². The number of ether oxygens (including phenoxy) is 1. The standard InChI is InChI=1S/C20H18N4O3/c1-24(17-9-4-3-5-10-17)18(25)15-12-21-20(22-13-15)23-16-8-6-7-14(11-16)19(26)27-2/h3-13H,1-2H3,(H,21,22,23). The molecule has 136 valence electrons. The minimum absolute atomic E-state index is 0.208. The molecule has 0 bridgehead atoms. The topological polar surface area (TPSA) is 84.4 Å². The quantitative estimate of drug-likeness (QED) is 0.701. The van der Waals surface area contributed by atoms with Crippen molar-refractivity contribution in [2.45, 2.75) is 0 Å².